The highest BCUT2D eigenvalue weighted by atomic mass is 35.5. The van der Waals surface area contributed by atoms with E-state index in [1.54, 1.807) is 29.7 Å². The monoisotopic (exact) mass is 468 g/mol. The highest BCUT2D eigenvalue weighted by molar-refractivity contribution is 7.16. The van der Waals surface area contributed by atoms with Gasteiger partial charge in [0.25, 0.3) is 5.91 Å². The SMILES string of the molecule is CCOC(=O)Cn1c(=NC(=O)COc2ccc(Cl)cc2Cl)sc2cccc(OC)c21. The first-order valence-corrected chi connectivity index (χ1v) is 10.5. The number of rotatable bonds is 7. The van der Waals surface area contributed by atoms with Gasteiger partial charge in [0, 0.05) is 5.02 Å². The van der Waals surface area contributed by atoms with Crippen LogP contribution >= 0.6 is 34.5 Å². The molecule has 0 unspecified atom stereocenters. The van der Waals surface area contributed by atoms with Gasteiger partial charge in [-0.3, -0.25) is 9.59 Å². The van der Waals surface area contributed by atoms with Gasteiger partial charge in [0.15, 0.2) is 11.4 Å². The van der Waals surface area contributed by atoms with E-state index in [0.29, 0.717) is 31.9 Å². The number of amides is 1. The molecule has 0 fully saturated rings. The van der Waals surface area contributed by atoms with E-state index < -0.39 is 11.9 Å². The number of aromatic nitrogens is 1. The van der Waals surface area contributed by atoms with Crippen LogP contribution in [0.5, 0.6) is 11.5 Å². The van der Waals surface area contributed by atoms with Crippen LogP contribution in [-0.2, 0) is 20.9 Å². The van der Waals surface area contributed by atoms with Gasteiger partial charge < -0.3 is 18.8 Å². The van der Waals surface area contributed by atoms with E-state index in [1.165, 1.54) is 24.5 Å². The van der Waals surface area contributed by atoms with Gasteiger partial charge in [-0.25, -0.2) is 0 Å². The second kappa shape index (κ2) is 9.97. The summed E-state index contributed by atoms with van der Waals surface area (Å²) in [6.45, 7) is 1.54. The summed E-state index contributed by atoms with van der Waals surface area (Å²) in [4.78, 5) is 29.0. The van der Waals surface area contributed by atoms with Crippen LogP contribution in [0.3, 0.4) is 0 Å². The Labute approximate surface area is 186 Å². The van der Waals surface area contributed by atoms with E-state index in [-0.39, 0.29) is 19.8 Å². The number of fused-ring (bicyclic) bond motifs is 1. The Morgan fingerprint density at radius 1 is 1.17 bits per heavy atom. The molecule has 0 saturated heterocycles. The molecule has 0 saturated carbocycles. The highest BCUT2D eigenvalue weighted by Crippen LogP contribution is 2.28. The lowest BCUT2D eigenvalue weighted by Gasteiger charge is -2.08. The zero-order valence-corrected chi connectivity index (χ0v) is 18.5. The normalized spacial score (nSPS) is 11.5. The summed E-state index contributed by atoms with van der Waals surface area (Å²) in [6, 6.07) is 10.2. The van der Waals surface area contributed by atoms with Crippen LogP contribution in [0, 0.1) is 0 Å². The van der Waals surface area contributed by atoms with Gasteiger partial charge in [0.05, 0.1) is 23.4 Å². The minimum atomic E-state index is -0.538. The second-order valence-corrected chi connectivity index (χ2v) is 7.80. The third kappa shape index (κ3) is 5.13. The molecule has 0 atom stereocenters. The second-order valence-electron chi connectivity index (χ2n) is 5.95. The van der Waals surface area contributed by atoms with E-state index >= 15 is 0 Å². The van der Waals surface area contributed by atoms with Crippen LogP contribution in [0.1, 0.15) is 6.92 Å². The summed E-state index contributed by atoms with van der Waals surface area (Å²) in [6.07, 6.45) is 0. The van der Waals surface area contributed by atoms with Crippen LogP contribution in [-0.4, -0.2) is 36.8 Å². The number of thiazole rings is 1. The van der Waals surface area contributed by atoms with Crippen LogP contribution in [0.15, 0.2) is 41.4 Å². The fourth-order valence-corrected chi connectivity index (χ4v) is 4.23. The molecule has 10 heteroatoms. The van der Waals surface area contributed by atoms with Crippen molar-refractivity contribution in [1.82, 2.24) is 4.57 Å². The molecule has 3 rings (SSSR count). The van der Waals surface area contributed by atoms with Crippen molar-refractivity contribution >= 4 is 56.6 Å². The van der Waals surface area contributed by atoms with Gasteiger partial charge in [-0.15, -0.1) is 0 Å². The minimum Gasteiger partial charge on any atom is -0.495 e. The van der Waals surface area contributed by atoms with Crippen molar-refractivity contribution in [3.63, 3.8) is 0 Å². The molecule has 0 bridgehead atoms. The zero-order valence-electron chi connectivity index (χ0n) is 16.2. The first kappa shape index (κ1) is 22.1. The van der Waals surface area contributed by atoms with Gasteiger partial charge in [0.1, 0.15) is 23.6 Å². The molecule has 0 aliphatic heterocycles. The standard InChI is InChI=1S/C20H18Cl2N2O5S/c1-3-28-18(26)10-24-19-15(27-2)5-4-6-16(19)30-20(24)23-17(25)11-29-14-8-7-12(21)9-13(14)22/h4-9H,3,10-11H2,1-2H3. The number of nitrogens with zero attached hydrogens (tertiary/aromatic N) is 2. The van der Waals surface area contributed by atoms with E-state index in [0.717, 1.165) is 4.70 Å². The molecule has 0 N–H and O–H groups in total. The number of carbonyl (C=O) groups is 2. The van der Waals surface area contributed by atoms with Gasteiger partial charge in [0.2, 0.25) is 0 Å². The van der Waals surface area contributed by atoms with Crippen LogP contribution in [0.25, 0.3) is 10.2 Å². The van der Waals surface area contributed by atoms with Crippen molar-refractivity contribution in [2.45, 2.75) is 13.5 Å². The van der Waals surface area contributed by atoms with Crippen molar-refractivity contribution in [2.24, 2.45) is 4.99 Å². The maximum Gasteiger partial charge on any atom is 0.326 e. The Bertz CT molecular complexity index is 1160. The molecule has 2 aromatic carbocycles. The molecular formula is C20H18Cl2N2O5S. The fourth-order valence-electron chi connectivity index (χ4n) is 2.70. The third-order valence-electron chi connectivity index (χ3n) is 3.94. The number of benzene rings is 2. The highest BCUT2D eigenvalue weighted by Gasteiger charge is 2.16. The Morgan fingerprint density at radius 2 is 1.97 bits per heavy atom. The summed E-state index contributed by atoms with van der Waals surface area (Å²) < 4.78 is 18.3. The molecule has 30 heavy (non-hydrogen) atoms. The number of halogens is 2. The third-order valence-corrected chi connectivity index (χ3v) is 5.52. The molecular weight excluding hydrogens is 451 g/mol. The quantitative estimate of drug-likeness (QED) is 0.487. The number of ether oxygens (including phenoxy) is 3. The first-order valence-electron chi connectivity index (χ1n) is 8.90. The fraction of sp³-hybridized carbons (Fsp3) is 0.250. The van der Waals surface area contributed by atoms with E-state index in [9.17, 15) is 9.59 Å². The number of esters is 1. The molecule has 0 spiro atoms. The zero-order chi connectivity index (χ0) is 21.7. The summed E-state index contributed by atoms with van der Waals surface area (Å²) in [5.74, 6) is -0.0986. The van der Waals surface area contributed by atoms with Crippen LogP contribution < -0.4 is 14.3 Å². The lowest BCUT2D eigenvalue weighted by molar-refractivity contribution is -0.143. The Hall–Kier alpha value is -2.55. The number of carbonyl (C=O) groups excluding carboxylic acids is 2. The van der Waals surface area contributed by atoms with Crippen LogP contribution in [0.2, 0.25) is 10.0 Å². The predicted molar refractivity (Wildman–Crippen MR) is 116 cm³/mol. The molecule has 1 amide bonds. The van der Waals surface area contributed by atoms with E-state index in [2.05, 4.69) is 4.99 Å². The average Bonchev–Trinajstić information content (AvgIpc) is 3.04. The minimum absolute atomic E-state index is 0.107. The maximum atomic E-state index is 12.4. The number of methoxy groups -OCH3 is 1. The predicted octanol–water partition coefficient (Wildman–Crippen LogP) is 4.09. The van der Waals surface area contributed by atoms with Crippen molar-refractivity contribution < 1.29 is 23.8 Å². The molecule has 0 aliphatic rings. The van der Waals surface area contributed by atoms with Crippen molar-refractivity contribution in [3.05, 3.63) is 51.2 Å². The van der Waals surface area contributed by atoms with Crippen LogP contribution in [0.4, 0.5) is 0 Å². The Morgan fingerprint density at radius 3 is 2.67 bits per heavy atom. The molecule has 0 radical (unpaired) electrons. The van der Waals surface area contributed by atoms with Gasteiger partial charge in [-0.1, -0.05) is 40.6 Å². The lowest BCUT2D eigenvalue weighted by Crippen LogP contribution is -2.24. The first-order chi connectivity index (χ1) is 14.4. The molecule has 3 aromatic rings. The number of para-hydroxylation sites is 1. The summed E-state index contributed by atoms with van der Waals surface area (Å²) in [7, 11) is 1.53. The van der Waals surface area contributed by atoms with Crippen molar-refractivity contribution in [2.75, 3.05) is 20.3 Å². The summed E-state index contributed by atoms with van der Waals surface area (Å²) >= 11 is 13.2. The topological polar surface area (TPSA) is 79.1 Å². The Kier molecular flexibility index (Phi) is 7.36. The molecule has 158 valence electrons. The van der Waals surface area contributed by atoms with Gasteiger partial charge in [-0.05, 0) is 37.3 Å². The smallest absolute Gasteiger partial charge is 0.326 e. The molecule has 1 heterocycles. The number of hydrogen-bond acceptors (Lipinski definition) is 6. The van der Waals surface area contributed by atoms with Gasteiger partial charge >= 0.3 is 5.97 Å². The Balaban J connectivity index is 1.93. The largest absolute Gasteiger partial charge is 0.495 e. The van der Waals surface area contributed by atoms with Crippen molar-refractivity contribution in [3.8, 4) is 11.5 Å². The maximum absolute atomic E-state index is 12.4. The van der Waals surface area contributed by atoms with E-state index in [1.807, 2.05) is 12.1 Å². The molecule has 0 aliphatic carbocycles. The number of hydrogen-bond donors (Lipinski definition) is 0. The van der Waals surface area contributed by atoms with Gasteiger partial charge in [-0.2, -0.15) is 4.99 Å². The summed E-state index contributed by atoms with van der Waals surface area (Å²) in [5, 5.41) is 0.752. The van der Waals surface area contributed by atoms with E-state index in [4.69, 9.17) is 37.4 Å². The summed E-state index contributed by atoms with van der Waals surface area (Å²) in [5.41, 5.74) is 0.659. The average molecular weight is 469 g/mol. The van der Waals surface area contributed by atoms with Crippen molar-refractivity contribution in [1.29, 1.82) is 0 Å². The molecule has 7 nitrogen and oxygen atoms in total. The molecule has 1 aromatic heterocycles. The lowest BCUT2D eigenvalue weighted by atomic mass is 10.3.